The topological polar surface area (TPSA) is 119 Å². The van der Waals surface area contributed by atoms with Gasteiger partial charge < -0.3 is 10.1 Å². The van der Waals surface area contributed by atoms with Crippen LogP contribution in [0.1, 0.15) is 18.7 Å². The lowest BCUT2D eigenvalue weighted by atomic mass is 9.97. The van der Waals surface area contributed by atoms with Gasteiger partial charge in [0.2, 0.25) is 21.8 Å². The van der Waals surface area contributed by atoms with E-state index in [2.05, 4.69) is 20.4 Å². The van der Waals surface area contributed by atoms with Gasteiger partial charge in [0.25, 0.3) is 0 Å². The zero-order valence-electron chi connectivity index (χ0n) is 17.8. The monoisotopic (exact) mass is 456 g/mol. The third kappa shape index (κ3) is 5.29. The lowest BCUT2D eigenvalue weighted by molar-refractivity contribution is -0.120. The van der Waals surface area contributed by atoms with E-state index < -0.39 is 10.0 Å². The van der Waals surface area contributed by atoms with E-state index >= 15 is 0 Å². The number of rotatable bonds is 6. The minimum absolute atomic E-state index is 0.109. The van der Waals surface area contributed by atoms with Crippen LogP contribution in [0.25, 0.3) is 5.82 Å². The predicted molar refractivity (Wildman–Crippen MR) is 118 cm³/mol. The van der Waals surface area contributed by atoms with E-state index in [0.717, 1.165) is 0 Å². The van der Waals surface area contributed by atoms with Crippen molar-refractivity contribution in [3.8, 4) is 17.4 Å². The lowest BCUT2D eigenvalue weighted by Gasteiger charge is -2.29. The Labute approximate surface area is 186 Å². The maximum atomic E-state index is 12.6. The van der Waals surface area contributed by atoms with E-state index in [1.165, 1.54) is 10.6 Å². The van der Waals surface area contributed by atoms with Crippen molar-refractivity contribution in [3.63, 3.8) is 0 Å². The lowest BCUT2D eigenvalue weighted by Crippen LogP contribution is -2.40. The molecule has 1 aliphatic heterocycles. The number of sulfonamides is 1. The molecule has 3 aromatic rings. The van der Waals surface area contributed by atoms with Gasteiger partial charge in [0.1, 0.15) is 11.6 Å². The molecule has 168 valence electrons. The number of hydrogen-bond donors (Lipinski definition) is 1. The van der Waals surface area contributed by atoms with Gasteiger partial charge in [-0.3, -0.25) is 4.79 Å². The zero-order chi connectivity index (χ0) is 22.7. The molecule has 0 aliphatic carbocycles. The van der Waals surface area contributed by atoms with Crippen LogP contribution in [0.2, 0.25) is 0 Å². The molecule has 1 aromatic carbocycles. The van der Waals surface area contributed by atoms with E-state index in [-0.39, 0.29) is 11.8 Å². The Balaban J connectivity index is 1.36. The van der Waals surface area contributed by atoms with Crippen LogP contribution < -0.4 is 10.1 Å². The van der Waals surface area contributed by atoms with E-state index in [0.29, 0.717) is 54.9 Å². The van der Waals surface area contributed by atoms with Gasteiger partial charge in [-0.1, -0.05) is 0 Å². The molecule has 1 aliphatic rings. The molecule has 1 fully saturated rings. The van der Waals surface area contributed by atoms with Crippen molar-refractivity contribution >= 4 is 21.6 Å². The summed E-state index contributed by atoms with van der Waals surface area (Å²) >= 11 is 0. The molecular formula is C21H24N6O4S. The maximum Gasteiger partial charge on any atom is 0.227 e. The number of nitrogens with one attached hydrogen (secondary N) is 1. The summed E-state index contributed by atoms with van der Waals surface area (Å²) in [6, 6.07) is 10.5. The number of ether oxygens (including phenoxy) is 1. The number of anilines is 1. The van der Waals surface area contributed by atoms with Gasteiger partial charge in [-0.15, -0.1) is 0 Å². The molecule has 1 amide bonds. The molecule has 0 unspecified atom stereocenters. The molecule has 0 atom stereocenters. The van der Waals surface area contributed by atoms with Crippen LogP contribution in [0.5, 0.6) is 11.6 Å². The molecule has 32 heavy (non-hydrogen) atoms. The van der Waals surface area contributed by atoms with Gasteiger partial charge in [-0.2, -0.15) is 10.1 Å². The van der Waals surface area contributed by atoms with Crippen LogP contribution in [0, 0.1) is 12.8 Å². The second-order valence-corrected chi connectivity index (χ2v) is 9.60. The van der Waals surface area contributed by atoms with Crippen molar-refractivity contribution in [2.45, 2.75) is 19.8 Å². The highest BCUT2D eigenvalue weighted by molar-refractivity contribution is 7.88. The Hall–Kier alpha value is -3.31. The van der Waals surface area contributed by atoms with E-state index in [9.17, 15) is 13.2 Å². The molecular weight excluding hydrogens is 432 g/mol. The molecule has 11 heteroatoms. The number of benzene rings is 1. The number of carbonyl (C=O) groups is 1. The largest absolute Gasteiger partial charge is 0.439 e. The Morgan fingerprint density at radius 2 is 1.88 bits per heavy atom. The van der Waals surface area contributed by atoms with Gasteiger partial charge >= 0.3 is 0 Å². The van der Waals surface area contributed by atoms with Gasteiger partial charge in [-0.05, 0) is 50.1 Å². The molecule has 4 rings (SSSR count). The third-order valence-electron chi connectivity index (χ3n) is 5.18. The number of nitrogens with zero attached hydrogens (tertiary/aromatic N) is 5. The highest BCUT2D eigenvalue weighted by Crippen LogP contribution is 2.25. The first kappa shape index (κ1) is 21.9. The summed E-state index contributed by atoms with van der Waals surface area (Å²) in [6.07, 6.45) is 5.66. The van der Waals surface area contributed by atoms with Gasteiger partial charge in [0, 0.05) is 43.2 Å². The fourth-order valence-corrected chi connectivity index (χ4v) is 4.39. The number of hydrogen-bond acceptors (Lipinski definition) is 7. The normalized spacial score (nSPS) is 15.4. The molecule has 0 bridgehead atoms. The van der Waals surface area contributed by atoms with E-state index in [1.54, 1.807) is 60.4 Å². The fraction of sp³-hybridized carbons (Fsp3) is 0.333. The minimum Gasteiger partial charge on any atom is -0.439 e. The molecule has 2 aromatic heterocycles. The van der Waals surface area contributed by atoms with Crippen LogP contribution in [0.4, 0.5) is 5.69 Å². The average molecular weight is 457 g/mol. The van der Waals surface area contributed by atoms with Crippen molar-refractivity contribution in [1.82, 2.24) is 24.1 Å². The first-order valence-corrected chi connectivity index (χ1v) is 12.0. The molecule has 3 heterocycles. The van der Waals surface area contributed by atoms with Crippen LogP contribution in [-0.2, 0) is 14.8 Å². The summed E-state index contributed by atoms with van der Waals surface area (Å²) in [7, 11) is -3.21. The Kier molecular flexibility index (Phi) is 6.19. The maximum absolute atomic E-state index is 12.6. The number of piperidine rings is 1. The highest BCUT2D eigenvalue weighted by atomic mass is 32.2. The molecule has 1 saturated heterocycles. The van der Waals surface area contributed by atoms with Crippen molar-refractivity contribution in [2.24, 2.45) is 5.92 Å². The summed E-state index contributed by atoms with van der Waals surface area (Å²) in [5, 5.41) is 7.06. The first-order valence-electron chi connectivity index (χ1n) is 10.2. The molecule has 1 N–H and O–H groups in total. The second kappa shape index (κ2) is 9.05. The molecule has 0 spiro atoms. The van der Waals surface area contributed by atoms with Crippen LogP contribution in [-0.4, -0.2) is 57.7 Å². The second-order valence-electron chi connectivity index (χ2n) is 7.61. The molecule has 0 saturated carbocycles. The standard InChI is InChI=1S/C21H24N6O4S/c1-15-23-19(27-11-3-10-22-27)14-20(24-15)31-18-6-4-17(5-7-18)25-21(28)16-8-12-26(13-9-16)32(2,29)30/h3-7,10-11,14,16H,8-9,12-13H2,1-2H3,(H,25,28). The third-order valence-corrected chi connectivity index (χ3v) is 6.48. The van der Waals surface area contributed by atoms with Crippen LogP contribution in [0.15, 0.2) is 48.8 Å². The van der Waals surface area contributed by atoms with Crippen molar-refractivity contribution < 1.29 is 17.9 Å². The summed E-state index contributed by atoms with van der Waals surface area (Å²) in [6.45, 7) is 2.50. The number of carbonyl (C=O) groups excluding carboxylic acids is 1. The average Bonchev–Trinajstić information content (AvgIpc) is 3.29. The van der Waals surface area contributed by atoms with Crippen molar-refractivity contribution in [1.29, 1.82) is 0 Å². The molecule has 0 radical (unpaired) electrons. The SMILES string of the molecule is Cc1nc(Oc2ccc(NC(=O)C3CCN(S(C)(=O)=O)CC3)cc2)cc(-n2cccn2)n1. The Bertz CT molecular complexity index is 1190. The number of amides is 1. The first-order chi connectivity index (χ1) is 15.3. The van der Waals surface area contributed by atoms with Gasteiger partial charge in [0.15, 0.2) is 5.82 Å². The zero-order valence-corrected chi connectivity index (χ0v) is 18.6. The number of aryl methyl sites for hydroxylation is 1. The van der Waals surface area contributed by atoms with Gasteiger partial charge in [0.05, 0.1) is 6.26 Å². The summed E-state index contributed by atoms with van der Waals surface area (Å²) < 4.78 is 32.1. The van der Waals surface area contributed by atoms with Crippen molar-refractivity contribution in [2.75, 3.05) is 24.7 Å². The fourth-order valence-electron chi connectivity index (χ4n) is 3.52. The van der Waals surface area contributed by atoms with E-state index in [1.807, 2.05) is 0 Å². The smallest absolute Gasteiger partial charge is 0.227 e. The summed E-state index contributed by atoms with van der Waals surface area (Å²) in [5.74, 6) is 1.78. The van der Waals surface area contributed by atoms with Crippen LogP contribution >= 0.6 is 0 Å². The quantitative estimate of drug-likeness (QED) is 0.605. The Morgan fingerprint density at radius 3 is 2.50 bits per heavy atom. The Morgan fingerprint density at radius 1 is 1.16 bits per heavy atom. The van der Waals surface area contributed by atoms with Gasteiger partial charge in [-0.25, -0.2) is 22.4 Å². The van der Waals surface area contributed by atoms with E-state index in [4.69, 9.17) is 4.74 Å². The number of aromatic nitrogens is 4. The van der Waals surface area contributed by atoms with Crippen molar-refractivity contribution in [3.05, 3.63) is 54.6 Å². The minimum atomic E-state index is -3.21. The molecule has 10 nitrogen and oxygen atoms in total. The summed E-state index contributed by atoms with van der Waals surface area (Å²) in [4.78, 5) is 21.2. The summed E-state index contributed by atoms with van der Waals surface area (Å²) in [5.41, 5.74) is 0.643. The highest BCUT2D eigenvalue weighted by Gasteiger charge is 2.28. The van der Waals surface area contributed by atoms with Crippen LogP contribution in [0.3, 0.4) is 0 Å². The predicted octanol–water partition coefficient (Wildman–Crippen LogP) is 2.37.